The second-order valence-electron chi connectivity index (χ2n) is 5.11. The zero-order chi connectivity index (χ0) is 16.4. The highest BCUT2D eigenvalue weighted by Crippen LogP contribution is 2.30. The summed E-state index contributed by atoms with van der Waals surface area (Å²) in [7, 11) is 0. The Morgan fingerprint density at radius 1 is 1.17 bits per heavy atom. The molecule has 0 saturated heterocycles. The third kappa shape index (κ3) is 2.89. The van der Waals surface area contributed by atoms with Crippen LogP contribution in [0.3, 0.4) is 0 Å². The zero-order valence-electron chi connectivity index (χ0n) is 12.1. The Hall–Kier alpha value is -3.22. The fraction of sp³-hybridized carbons (Fsp3) is 0.125. The van der Waals surface area contributed by atoms with Gasteiger partial charge in [-0.2, -0.15) is 0 Å². The molecule has 1 aliphatic heterocycles. The van der Waals surface area contributed by atoms with Crippen LogP contribution in [0.1, 0.15) is 5.56 Å². The summed E-state index contributed by atoms with van der Waals surface area (Å²) in [4.78, 5) is 36.2. The number of hydrogen-bond acceptors (Lipinski definition) is 4. The summed E-state index contributed by atoms with van der Waals surface area (Å²) >= 11 is 0. The minimum atomic E-state index is -0.514. The zero-order valence-corrected chi connectivity index (χ0v) is 12.1. The number of nitro benzene ring substituents is 1. The Balaban J connectivity index is 1.90. The number of nitrogens with one attached hydrogen (secondary N) is 1. The normalized spacial score (nSPS) is 13.2. The first-order chi connectivity index (χ1) is 11.1. The third-order valence-corrected chi connectivity index (χ3v) is 3.60. The van der Waals surface area contributed by atoms with Crippen LogP contribution in [0.4, 0.5) is 17.1 Å². The molecule has 2 aromatic rings. The summed E-state index contributed by atoms with van der Waals surface area (Å²) in [6, 6.07) is 13.1. The molecule has 3 rings (SSSR count). The van der Waals surface area contributed by atoms with Gasteiger partial charge < -0.3 is 10.2 Å². The predicted octanol–water partition coefficient (Wildman–Crippen LogP) is 2.12. The van der Waals surface area contributed by atoms with E-state index in [2.05, 4.69) is 5.32 Å². The first kappa shape index (κ1) is 14.7. The molecule has 0 atom stereocenters. The van der Waals surface area contributed by atoms with Crippen LogP contribution >= 0.6 is 0 Å². The van der Waals surface area contributed by atoms with E-state index in [9.17, 15) is 19.7 Å². The molecule has 0 fully saturated rings. The SMILES string of the molecule is O=C1CN(C(=O)Cc2ccccc2[N+](=O)[O-])c2ccccc2N1. The van der Waals surface area contributed by atoms with Crippen LogP contribution in [0.2, 0.25) is 0 Å². The van der Waals surface area contributed by atoms with E-state index >= 15 is 0 Å². The van der Waals surface area contributed by atoms with Crippen LogP contribution in [0, 0.1) is 10.1 Å². The van der Waals surface area contributed by atoms with E-state index in [0.717, 1.165) is 0 Å². The van der Waals surface area contributed by atoms with Crippen molar-refractivity contribution in [1.82, 2.24) is 0 Å². The second-order valence-corrected chi connectivity index (χ2v) is 5.11. The number of carbonyl (C=O) groups excluding carboxylic acids is 2. The lowest BCUT2D eigenvalue weighted by Gasteiger charge is -2.29. The van der Waals surface area contributed by atoms with Gasteiger partial charge in [0, 0.05) is 11.6 Å². The van der Waals surface area contributed by atoms with Crippen LogP contribution in [0.5, 0.6) is 0 Å². The smallest absolute Gasteiger partial charge is 0.273 e. The van der Waals surface area contributed by atoms with E-state index in [1.54, 1.807) is 42.5 Å². The number of anilines is 2. The van der Waals surface area contributed by atoms with Gasteiger partial charge in [-0.05, 0) is 12.1 Å². The van der Waals surface area contributed by atoms with Crippen LogP contribution in [-0.4, -0.2) is 23.3 Å². The standard InChI is InChI=1S/C16H13N3O4/c20-15-10-18(14-8-4-2-6-12(14)17-15)16(21)9-11-5-1-3-7-13(11)19(22)23/h1-8H,9-10H2,(H,17,20). The average Bonchev–Trinajstić information content (AvgIpc) is 2.54. The molecule has 0 aliphatic carbocycles. The van der Waals surface area contributed by atoms with E-state index in [1.165, 1.54) is 11.0 Å². The maximum absolute atomic E-state index is 12.6. The van der Waals surface area contributed by atoms with Gasteiger partial charge in [-0.15, -0.1) is 0 Å². The molecule has 0 spiro atoms. The van der Waals surface area contributed by atoms with Gasteiger partial charge in [0.05, 0.1) is 22.7 Å². The van der Waals surface area contributed by atoms with Crippen molar-refractivity contribution < 1.29 is 14.5 Å². The van der Waals surface area contributed by atoms with E-state index in [4.69, 9.17) is 0 Å². The number of amides is 2. The molecular weight excluding hydrogens is 298 g/mol. The molecule has 0 saturated carbocycles. The first-order valence-corrected chi connectivity index (χ1v) is 6.98. The van der Waals surface area contributed by atoms with Crippen LogP contribution in [-0.2, 0) is 16.0 Å². The first-order valence-electron chi connectivity index (χ1n) is 6.98. The quantitative estimate of drug-likeness (QED) is 0.694. The Morgan fingerprint density at radius 2 is 1.87 bits per heavy atom. The molecule has 0 radical (unpaired) electrons. The molecule has 2 aromatic carbocycles. The van der Waals surface area contributed by atoms with Crippen molar-refractivity contribution in [3.05, 3.63) is 64.2 Å². The molecule has 23 heavy (non-hydrogen) atoms. The van der Waals surface area contributed by atoms with Gasteiger partial charge in [0.15, 0.2) is 0 Å². The van der Waals surface area contributed by atoms with Crippen molar-refractivity contribution in [2.45, 2.75) is 6.42 Å². The lowest BCUT2D eigenvalue weighted by Crippen LogP contribution is -2.42. The van der Waals surface area contributed by atoms with Crippen LogP contribution < -0.4 is 10.2 Å². The molecule has 0 bridgehead atoms. The highest BCUT2D eigenvalue weighted by molar-refractivity contribution is 6.10. The topological polar surface area (TPSA) is 92.5 Å². The predicted molar refractivity (Wildman–Crippen MR) is 84.2 cm³/mol. The minimum Gasteiger partial charge on any atom is -0.323 e. The fourth-order valence-electron chi connectivity index (χ4n) is 2.55. The van der Waals surface area contributed by atoms with Gasteiger partial charge in [-0.3, -0.25) is 19.7 Å². The van der Waals surface area contributed by atoms with Crippen molar-refractivity contribution in [3.8, 4) is 0 Å². The molecular formula is C16H13N3O4. The Morgan fingerprint density at radius 3 is 2.65 bits per heavy atom. The molecule has 116 valence electrons. The van der Waals surface area contributed by atoms with Gasteiger partial charge in [-0.1, -0.05) is 30.3 Å². The number of fused-ring (bicyclic) bond motifs is 1. The van der Waals surface area contributed by atoms with E-state index < -0.39 is 4.92 Å². The summed E-state index contributed by atoms with van der Waals surface area (Å²) in [6.07, 6.45) is -0.140. The summed E-state index contributed by atoms with van der Waals surface area (Å²) in [5, 5.41) is 13.7. The maximum Gasteiger partial charge on any atom is 0.273 e. The van der Waals surface area contributed by atoms with E-state index in [-0.39, 0.29) is 30.5 Å². The highest BCUT2D eigenvalue weighted by atomic mass is 16.6. The number of nitrogens with zero attached hydrogens (tertiary/aromatic N) is 2. The summed E-state index contributed by atoms with van der Waals surface area (Å²) in [6.45, 7) is -0.101. The number of hydrogen-bond donors (Lipinski definition) is 1. The largest absolute Gasteiger partial charge is 0.323 e. The molecule has 0 aromatic heterocycles. The number of carbonyl (C=O) groups is 2. The fourth-order valence-corrected chi connectivity index (χ4v) is 2.55. The number of rotatable bonds is 3. The Bertz CT molecular complexity index is 803. The minimum absolute atomic E-state index is 0.101. The molecule has 2 amide bonds. The molecule has 7 heteroatoms. The highest BCUT2D eigenvalue weighted by Gasteiger charge is 2.27. The summed E-state index contributed by atoms with van der Waals surface area (Å²) in [5.74, 6) is -0.652. The Kier molecular flexibility index (Phi) is 3.76. The molecule has 1 heterocycles. The van der Waals surface area contributed by atoms with Crippen molar-refractivity contribution in [3.63, 3.8) is 0 Å². The summed E-state index contributed by atoms with van der Waals surface area (Å²) in [5.41, 5.74) is 1.37. The van der Waals surface area contributed by atoms with E-state index in [1.807, 2.05) is 0 Å². The van der Waals surface area contributed by atoms with Gasteiger partial charge in [0.1, 0.15) is 6.54 Å². The monoisotopic (exact) mass is 311 g/mol. The number of benzene rings is 2. The van der Waals surface area contributed by atoms with E-state index in [0.29, 0.717) is 16.9 Å². The third-order valence-electron chi connectivity index (χ3n) is 3.60. The number of para-hydroxylation sites is 3. The molecule has 0 unspecified atom stereocenters. The summed E-state index contributed by atoms with van der Waals surface area (Å²) < 4.78 is 0. The van der Waals surface area contributed by atoms with Gasteiger partial charge in [0.2, 0.25) is 11.8 Å². The lowest BCUT2D eigenvalue weighted by molar-refractivity contribution is -0.385. The lowest BCUT2D eigenvalue weighted by atomic mass is 10.1. The average molecular weight is 311 g/mol. The van der Waals surface area contributed by atoms with Gasteiger partial charge >= 0.3 is 0 Å². The van der Waals surface area contributed by atoms with Crippen LogP contribution in [0.15, 0.2) is 48.5 Å². The van der Waals surface area contributed by atoms with Crippen molar-refractivity contribution in [1.29, 1.82) is 0 Å². The second kappa shape index (κ2) is 5.88. The maximum atomic E-state index is 12.6. The Labute approximate surface area is 131 Å². The molecule has 1 N–H and O–H groups in total. The van der Waals surface area contributed by atoms with Gasteiger partial charge in [0.25, 0.3) is 5.69 Å². The molecule has 1 aliphatic rings. The van der Waals surface area contributed by atoms with Crippen LogP contribution in [0.25, 0.3) is 0 Å². The van der Waals surface area contributed by atoms with Gasteiger partial charge in [-0.25, -0.2) is 0 Å². The molecule has 7 nitrogen and oxygen atoms in total. The number of nitro groups is 1. The van der Waals surface area contributed by atoms with Crippen molar-refractivity contribution >= 4 is 28.9 Å². The van der Waals surface area contributed by atoms with Crippen molar-refractivity contribution in [2.24, 2.45) is 0 Å². The van der Waals surface area contributed by atoms with Crippen molar-refractivity contribution in [2.75, 3.05) is 16.8 Å².